The van der Waals surface area contributed by atoms with Gasteiger partial charge in [-0.3, -0.25) is 4.90 Å². The van der Waals surface area contributed by atoms with Crippen LogP contribution >= 0.6 is 0 Å². The lowest BCUT2D eigenvalue weighted by Crippen LogP contribution is -2.42. The topological polar surface area (TPSA) is 38.2 Å². The van der Waals surface area contributed by atoms with Gasteiger partial charge in [-0.15, -0.1) is 5.10 Å². The van der Waals surface area contributed by atoms with Gasteiger partial charge in [-0.25, -0.2) is 0 Å². The molecule has 0 bridgehead atoms. The molecule has 0 radical (unpaired) electrons. The van der Waals surface area contributed by atoms with Crippen molar-refractivity contribution in [1.82, 2.24) is 15.1 Å². The summed E-state index contributed by atoms with van der Waals surface area (Å²) in [6.07, 6.45) is 2.43. The summed E-state index contributed by atoms with van der Waals surface area (Å²) in [5.41, 5.74) is 1.07. The SMILES string of the molecule is COc1ccc([C@H]2CC[C@@H](C)CN2C(C)C)nn1. The minimum atomic E-state index is 0.402. The third kappa shape index (κ3) is 2.80. The van der Waals surface area contributed by atoms with Crippen molar-refractivity contribution in [3.05, 3.63) is 17.8 Å². The van der Waals surface area contributed by atoms with Gasteiger partial charge in [0, 0.05) is 18.7 Å². The second kappa shape index (κ2) is 5.65. The van der Waals surface area contributed by atoms with E-state index < -0.39 is 0 Å². The minimum Gasteiger partial charge on any atom is -0.480 e. The molecule has 2 rings (SSSR count). The number of methoxy groups -OCH3 is 1. The van der Waals surface area contributed by atoms with Crippen molar-refractivity contribution in [2.45, 2.75) is 45.7 Å². The summed E-state index contributed by atoms with van der Waals surface area (Å²) in [6, 6.07) is 4.89. The van der Waals surface area contributed by atoms with E-state index in [1.54, 1.807) is 7.11 Å². The normalized spacial score (nSPS) is 25.4. The molecule has 2 atom stereocenters. The Morgan fingerprint density at radius 2 is 2.06 bits per heavy atom. The smallest absolute Gasteiger partial charge is 0.233 e. The largest absolute Gasteiger partial charge is 0.480 e. The van der Waals surface area contributed by atoms with Crippen molar-refractivity contribution < 1.29 is 4.74 Å². The first kappa shape index (κ1) is 13.3. The second-order valence-electron chi connectivity index (χ2n) is 5.49. The van der Waals surface area contributed by atoms with Gasteiger partial charge >= 0.3 is 0 Å². The molecule has 0 aliphatic carbocycles. The van der Waals surface area contributed by atoms with Crippen molar-refractivity contribution in [1.29, 1.82) is 0 Å². The highest BCUT2D eigenvalue weighted by molar-refractivity contribution is 5.15. The zero-order valence-corrected chi connectivity index (χ0v) is 11.8. The lowest BCUT2D eigenvalue weighted by molar-refractivity contribution is 0.0787. The Bertz CT molecular complexity index is 377. The maximum atomic E-state index is 5.06. The van der Waals surface area contributed by atoms with E-state index in [1.807, 2.05) is 12.1 Å². The maximum absolute atomic E-state index is 5.06. The van der Waals surface area contributed by atoms with E-state index in [9.17, 15) is 0 Å². The number of ether oxygens (including phenoxy) is 1. The standard InChI is InChI=1S/C14H23N3O/c1-10(2)17-9-11(3)5-7-13(17)12-6-8-14(18-4)16-15-12/h6,8,10-11,13H,5,7,9H2,1-4H3/t11-,13-/m1/s1. The molecule has 0 spiro atoms. The fourth-order valence-corrected chi connectivity index (χ4v) is 2.69. The van der Waals surface area contributed by atoms with Crippen LogP contribution < -0.4 is 4.74 Å². The van der Waals surface area contributed by atoms with Crippen molar-refractivity contribution in [3.63, 3.8) is 0 Å². The van der Waals surface area contributed by atoms with Gasteiger partial charge in [0.15, 0.2) is 0 Å². The lowest BCUT2D eigenvalue weighted by Gasteiger charge is -2.40. The Kier molecular flexibility index (Phi) is 4.17. The molecule has 0 amide bonds. The van der Waals surface area contributed by atoms with Crippen LogP contribution in [0.15, 0.2) is 12.1 Å². The molecule has 1 fully saturated rings. The second-order valence-corrected chi connectivity index (χ2v) is 5.49. The summed E-state index contributed by atoms with van der Waals surface area (Å²) in [5, 5.41) is 8.40. The van der Waals surface area contributed by atoms with Crippen LogP contribution in [-0.2, 0) is 0 Å². The zero-order chi connectivity index (χ0) is 13.1. The maximum Gasteiger partial charge on any atom is 0.233 e. The van der Waals surface area contributed by atoms with Gasteiger partial charge in [0.25, 0.3) is 0 Å². The highest BCUT2D eigenvalue weighted by Gasteiger charge is 2.30. The number of nitrogens with zero attached hydrogens (tertiary/aromatic N) is 3. The molecular formula is C14H23N3O. The summed E-state index contributed by atoms with van der Waals surface area (Å²) < 4.78 is 5.06. The van der Waals surface area contributed by atoms with Crippen LogP contribution in [0.5, 0.6) is 5.88 Å². The highest BCUT2D eigenvalue weighted by Crippen LogP contribution is 2.33. The van der Waals surface area contributed by atoms with E-state index in [0.29, 0.717) is 18.0 Å². The highest BCUT2D eigenvalue weighted by atomic mass is 16.5. The molecule has 0 N–H and O–H groups in total. The summed E-state index contributed by atoms with van der Waals surface area (Å²) in [6.45, 7) is 7.98. The number of likely N-dealkylation sites (tertiary alicyclic amines) is 1. The molecule has 0 aromatic carbocycles. The van der Waals surface area contributed by atoms with Gasteiger partial charge in [-0.2, -0.15) is 5.10 Å². The molecule has 4 heteroatoms. The fourth-order valence-electron chi connectivity index (χ4n) is 2.69. The van der Waals surface area contributed by atoms with E-state index in [-0.39, 0.29) is 0 Å². The number of piperidine rings is 1. The first-order valence-corrected chi connectivity index (χ1v) is 6.75. The number of hydrogen-bond donors (Lipinski definition) is 0. The first-order chi connectivity index (χ1) is 8.61. The van der Waals surface area contributed by atoms with Gasteiger partial charge in [0.1, 0.15) is 0 Å². The monoisotopic (exact) mass is 249 g/mol. The molecule has 1 aromatic rings. The first-order valence-electron chi connectivity index (χ1n) is 6.75. The van der Waals surface area contributed by atoms with E-state index in [4.69, 9.17) is 4.74 Å². The predicted molar refractivity (Wildman–Crippen MR) is 71.6 cm³/mol. The lowest BCUT2D eigenvalue weighted by atomic mass is 9.91. The van der Waals surface area contributed by atoms with Crippen LogP contribution in [0.25, 0.3) is 0 Å². The Morgan fingerprint density at radius 1 is 1.28 bits per heavy atom. The van der Waals surface area contributed by atoms with Crippen molar-refractivity contribution in [2.24, 2.45) is 5.92 Å². The molecule has 2 heterocycles. The molecule has 1 aromatic heterocycles. The predicted octanol–water partition coefficient (Wildman–Crippen LogP) is 2.67. The van der Waals surface area contributed by atoms with Gasteiger partial charge in [0.05, 0.1) is 18.8 Å². The molecular weight excluding hydrogens is 226 g/mol. The van der Waals surface area contributed by atoms with Crippen LogP contribution in [0, 0.1) is 5.92 Å². The fraction of sp³-hybridized carbons (Fsp3) is 0.714. The average molecular weight is 249 g/mol. The van der Waals surface area contributed by atoms with Crippen molar-refractivity contribution in [3.8, 4) is 5.88 Å². The summed E-state index contributed by atoms with van der Waals surface area (Å²) in [5.74, 6) is 1.36. The van der Waals surface area contributed by atoms with E-state index >= 15 is 0 Å². The third-order valence-corrected chi connectivity index (χ3v) is 3.73. The molecule has 4 nitrogen and oxygen atoms in total. The Morgan fingerprint density at radius 3 is 2.61 bits per heavy atom. The van der Waals surface area contributed by atoms with E-state index in [1.165, 1.54) is 12.8 Å². The summed E-state index contributed by atoms with van der Waals surface area (Å²) in [7, 11) is 1.62. The molecule has 18 heavy (non-hydrogen) atoms. The van der Waals surface area contributed by atoms with Crippen LogP contribution in [0.4, 0.5) is 0 Å². The van der Waals surface area contributed by atoms with Crippen LogP contribution in [-0.4, -0.2) is 34.8 Å². The minimum absolute atomic E-state index is 0.402. The molecule has 1 saturated heterocycles. The van der Waals surface area contributed by atoms with E-state index in [2.05, 4.69) is 35.9 Å². The Hall–Kier alpha value is -1.16. The van der Waals surface area contributed by atoms with Crippen LogP contribution in [0.3, 0.4) is 0 Å². The Labute approximate surface area is 109 Å². The molecule has 1 aliphatic rings. The average Bonchev–Trinajstić information content (AvgIpc) is 2.39. The molecule has 1 aliphatic heterocycles. The van der Waals surface area contributed by atoms with Gasteiger partial charge in [-0.05, 0) is 38.7 Å². The molecule has 0 unspecified atom stereocenters. The third-order valence-electron chi connectivity index (χ3n) is 3.73. The molecule has 100 valence electrons. The van der Waals surface area contributed by atoms with E-state index in [0.717, 1.165) is 18.2 Å². The van der Waals surface area contributed by atoms with Gasteiger partial charge in [-0.1, -0.05) is 6.92 Å². The number of hydrogen-bond acceptors (Lipinski definition) is 4. The number of aromatic nitrogens is 2. The summed E-state index contributed by atoms with van der Waals surface area (Å²) >= 11 is 0. The number of rotatable bonds is 3. The summed E-state index contributed by atoms with van der Waals surface area (Å²) in [4.78, 5) is 2.53. The van der Waals surface area contributed by atoms with Crippen LogP contribution in [0.1, 0.15) is 45.3 Å². The Balaban J connectivity index is 2.18. The van der Waals surface area contributed by atoms with Gasteiger partial charge in [0.2, 0.25) is 5.88 Å². The quantitative estimate of drug-likeness (QED) is 0.825. The van der Waals surface area contributed by atoms with Crippen LogP contribution in [0.2, 0.25) is 0 Å². The van der Waals surface area contributed by atoms with Crippen molar-refractivity contribution in [2.75, 3.05) is 13.7 Å². The zero-order valence-electron chi connectivity index (χ0n) is 11.8. The van der Waals surface area contributed by atoms with Gasteiger partial charge < -0.3 is 4.74 Å². The van der Waals surface area contributed by atoms with Crippen molar-refractivity contribution >= 4 is 0 Å². The molecule has 0 saturated carbocycles.